The molecule has 0 unspecified atom stereocenters. The van der Waals surface area contributed by atoms with Crippen LogP contribution >= 0.6 is 23.2 Å². The van der Waals surface area contributed by atoms with Gasteiger partial charge in [-0.25, -0.2) is 0 Å². The fourth-order valence-corrected chi connectivity index (χ4v) is 1.84. The molecule has 1 amide bonds. The highest BCUT2D eigenvalue weighted by Crippen LogP contribution is 2.38. The highest BCUT2D eigenvalue weighted by atomic mass is 35.5. The number of anilines is 1. The van der Waals surface area contributed by atoms with Crippen molar-refractivity contribution in [1.82, 2.24) is 10.2 Å². The van der Waals surface area contributed by atoms with Crippen LogP contribution in [-0.4, -0.2) is 22.5 Å². The zero-order valence-electron chi connectivity index (χ0n) is 10.7. The smallest absolute Gasteiger partial charge is 0.406 e. The van der Waals surface area contributed by atoms with Crippen molar-refractivity contribution in [1.29, 1.82) is 0 Å². The molecule has 22 heavy (non-hydrogen) atoms. The molecule has 2 rings (SSSR count). The van der Waals surface area contributed by atoms with Crippen LogP contribution in [0.3, 0.4) is 0 Å². The molecule has 0 aliphatic rings. The molecule has 11 heteroatoms. The number of carbonyl (C=O) groups is 1. The SMILES string of the molecule is CC(=O)Nc1nnc(-c2cc(OC(F)(F)F)cc(Cl)c2Cl)o1. The molecule has 1 N–H and O–H groups in total. The lowest BCUT2D eigenvalue weighted by atomic mass is 10.2. The quantitative estimate of drug-likeness (QED) is 0.903. The maximum absolute atomic E-state index is 12.3. The Morgan fingerprint density at radius 2 is 2.00 bits per heavy atom. The number of carbonyl (C=O) groups excluding carboxylic acids is 1. The van der Waals surface area contributed by atoms with Gasteiger partial charge in [-0.2, -0.15) is 0 Å². The van der Waals surface area contributed by atoms with E-state index in [9.17, 15) is 18.0 Å². The van der Waals surface area contributed by atoms with Crippen LogP contribution in [-0.2, 0) is 4.79 Å². The van der Waals surface area contributed by atoms with Crippen molar-refractivity contribution >= 4 is 35.1 Å². The van der Waals surface area contributed by atoms with E-state index in [1.165, 1.54) is 6.92 Å². The van der Waals surface area contributed by atoms with Crippen molar-refractivity contribution < 1.29 is 27.1 Å². The van der Waals surface area contributed by atoms with Crippen molar-refractivity contribution in [3.63, 3.8) is 0 Å². The zero-order chi connectivity index (χ0) is 16.5. The van der Waals surface area contributed by atoms with E-state index in [0.29, 0.717) is 0 Å². The summed E-state index contributed by atoms with van der Waals surface area (Å²) in [5.41, 5.74) is -0.0717. The average Bonchev–Trinajstić information content (AvgIpc) is 2.79. The van der Waals surface area contributed by atoms with E-state index >= 15 is 0 Å². The Balaban J connectivity index is 2.41. The maximum Gasteiger partial charge on any atom is 0.573 e. The van der Waals surface area contributed by atoms with Crippen molar-refractivity contribution in [2.45, 2.75) is 13.3 Å². The molecular weight excluding hydrogens is 350 g/mol. The van der Waals surface area contributed by atoms with Crippen LogP contribution in [0.15, 0.2) is 16.5 Å². The number of rotatable bonds is 3. The van der Waals surface area contributed by atoms with Gasteiger partial charge in [0.2, 0.25) is 5.91 Å². The standard InChI is InChI=1S/C11H6Cl2F3N3O3/c1-4(20)17-10-19-18-9(21-10)6-2-5(22-11(14,15)16)3-7(12)8(6)13/h2-3H,1H3,(H,17,19,20). The lowest BCUT2D eigenvalue weighted by molar-refractivity contribution is -0.274. The number of nitrogens with zero attached hydrogens (tertiary/aromatic N) is 2. The third-order valence-electron chi connectivity index (χ3n) is 2.17. The van der Waals surface area contributed by atoms with E-state index in [1.807, 2.05) is 0 Å². The first-order valence-corrected chi connectivity index (χ1v) is 6.27. The van der Waals surface area contributed by atoms with E-state index in [-0.39, 0.29) is 27.5 Å². The normalized spacial score (nSPS) is 11.4. The summed E-state index contributed by atoms with van der Waals surface area (Å²) < 4.78 is 45.6. The predicted octanol–water partition coefficient (Wildman–Crippen LogP) is 3.90. The molecule has 0 aliphatic carbocycles. The Morgan fingerprint density at radius 3 is 2.59 bits per heavy atom. The van der Waals surface area contributed by atoms with Gasteiger partial charge in [0.05, 0.1) is 15.6 Å². The minimum atomic E-state index is -4.90. The van der Waals surface area contributed by atoms with Gasteiger partial charge in [0, 0.05) is 13.0 Å². The summed E-state index contributed by atoms with van der Waals surface area (Å²) in [6, 6.07) is 1.59. The second-order valence-electron chi connectivity index (χ2n) is 3.91. The molecule has 6 nitrogen and oxygen atoms in total. The summed E-state index contributed by atoms with van der Waals surface area (Å²) in [5, 5.41) is 8.98. The molecule has 0 fully saturated rings. The Morgan fingerprint density at radius 1 is 1.32 bits per heavy atom. The van der Waals surface area contributed by atoms with E-state index in [4.69, 9.17) is 27.6 Å². The largest absolute Gasteiger partial charge is 0.573 e. The highest BCUT2D eigenvalue weighted by Gasteiger charge is 2.32. The molecule has 0 radical (unpaired) electrons. The number of halogens is 5. The highest BCUT2D eigenvalue weighted by molar-refractivity contribution is 6.43. The van der Waals surface area contributed by atoms with E-state index in [0.717, 1.165) is 12.1 Å². The predicted molar refractivity (Wildman–Crippen MR) is 70.7 cm³/mol. The maximum atomic E-state index is 12.3. The van der Waals surface area contributed by atoms with Gasteiger partial charge < -0.3 is 9.15 Å². The summed E-state index contributed by atoms with van der Waals surface area (Å²) in [6.45, 7) is 1.21. The van der Waals surface area contributed by atoms with Crippen molar-refractivity contribution in [2.75, 3.05) is 5.32 Å². The van der Waals surface area contributed by atoms with Crippen LogP contribution in [0.25, 0.3) is 11.5 Å². The monoisotopic (exact) mass is 355 g/mol. The van der Waals surface area contributed by atoms with Crippen LogP contribution < -0.4 is 10.1 Å². The van der Waals surface area contributed by atoms with Gasteiger partial charge in [0.15, 0.2) is 0 Å². The van der Waals surface area contributed by atoms with Crippen LogP contribution in [0, 0.1) is 0 Å². The molecule has 1 aromatic carbocycles. The third kappa shape index (κ3) is 4.01. The average molecular weight is 356 g/mol. The van der Waals surface area contributed by atoms with Gasteiger partial charge in [-0.15, -0.1) is 18.3 Å². The first-order valence-electron chi connectivity index (χ1n) is 5.52. The first kappa shape index (κ1) is 16.4. The molecule has 1 heterocycles. The summed E-state index contributed by atoms with van der Waals surface area (Å²) in [7, 11) is 0. The second kappa shape index (κ2) is 6.01. The Labute approximate surface area is 131 Å². The summed E-state index contributed by atoms with van der Waals surface area (Å²) in [4.78, 5) is 10.9. The molecule has 1 aromatic heterocycles. The molecule has 0 aliphatic heterocycles. The van der Waals surface area contributed by atoms with Crippen LogP contribution in [0.5, 0.6) is 5.75 Å². The topological polar surface area (TPSA) is 77.2 Å². The van der Waals surface area contributed by atoms with Crippen molar-refractivity contribution in [2.24, 2.45) is 0 Å². The number of nitrogens with one attached hydrogen (secondary N) is 1. The Kier molecular flexibility index (Phi) is 4.47. The number of aromatic nitrogens is 2. The Bertz CT molecular complexity index is 718. The van der Waals surface area contributed by atoms with Gasteiger partial charge in [0.1, 0.15) is 5.75 Å². The number of alkyl halides is 3. The van der Waals surface area contributed by atoms with Gasteiger partial charge in [-0.05, 0) is 6.07 Å². The first-order chi connectivity index (χ1) is 10.2. The van der Waals surface area contributed by atoms with Crippen LogP contribution in [0.2, 0.25) is 10.0 Å². The van der Waals surface area contributed by atoms with E-state index < -0.39 is 18.0 Å². The minimum absolute atomic E-state index is 0.0717. The van der Waals surface area contributed by atoms with Gasteiger partial charge in [0.25, 0.3) is 5.89 Å². The number of hydrogen-bond acceptors (Lipinski definition) is 5. The van der Waals surface area contributed by atoms with E-state index in [1.54, 1.807) is 0 Å². The second-order valence-corrected chi connectivity index (χ2v) is 4.69. The van der Waals surface area contributed by atoms with Crippen molar-refractivity contribution in [3.8, 4) is 17.2 Å². The van der Waals surface area contributed by atoms with Crippen molar-refractivity contribution in [3.05, 3.63) is 22.2 Å². The van der Waals surface area contributed by atoms with Gasteiger partial charge in [-0.3, -0.25) is 10.1 Å². The number of ether oxygens (including phenoxy) is 1. The summed E-state index contributed by atoms with van der Waals surface area (Å²) in [6.07, 6.45) is -4.90. The molecular formula is C11H6Cl2F3N3O3. The minimum Gasteiger partial charge on any atom is -0.406 e. The molecule has 0 bridgehead atoms. The van der Waals surface area contributed by atoms with Gasteiger partial charge in [-0.1, -0.05) is 28.3 Å². The molecule has 2 aromatic rings. The number of hydrogen-bond donors (Lipinski definition) is 1. The fourth-order valence-electron chi connectivity index (χ4n) is 1.45. The third-order valence-corrected chi connectivity index (χ3v) is 2.98. The summed E-state index contributed by atoms with van der Waals surface area (Å²) >= 11 is 11.7. The Hall–Kier alpha value is -2.00. The fraction of sp³-hybridized carbons (Fsp3) is 0.182. The van der Waals surface area contributed by atoms with Gasteiger partial charge >= 0.3 is 12.4 Å². The zero-order valence-corrected chi connectivity index (χ0v) is 12.2. The van der Waals surface area contributed by atoms with Crippen LogP contribution in [0.1, 0.15) is 6.92 Å². The summed E-state index contributed by atoms with van der Waals surface area (Å²) in [5.74, 6) is -1.30. The molecule has 0 atom stereocenters. The lowest BCUT2D eigenvalue weighted by Crippen LogP contribution is -2.17. The molecule has 0 saturated heterocycles. The molecule has 0 spiro atoms. The number of amides is 1. The number of benzene rings is 1. The van der Waals surface area contributed by atoms with E-state index in [2.05, 4.69) is 20.3 Å². The lowest BCUT2D eigenvalue weighted by Gasteiger charge is -2.11. The molecule has 118 valence electrons. The molecule has 0 saturated carbocycles. The van der Waals surface area contributed by atoms with Crippen LogP contribution in [0.4, 0.5) is 19.2 Å².